The highest BCUT2D eigenvalue weighted by Gasteiger charge is 2.18. The van der Waals surface area contributed by atoms with Gasteiger partial charge in [-0.05, 0) is 25.5 Å². The summed E-state index contributed by atoms with van der Waals surface area (Å²) in [6.45, 7) is 4.57. The molecule has 5 nitrogen and oxygen atoms in total. The number of benzene rings is 1. The van der Waals surface area contributed by atoms with Crippen LogP contribution in [0.4, 0.5) is 0 Å². The van der Waals surface area contributed by atoms with E-state index in [9.17, 15) is 4.79 Å². The van der Waals surface area contributed by atoms with Crippen LogP contribution in [0, 0.1) is 12.8 Å². The molecule has 1 aliphatic heterocycles. The fourth-order valence-electron chi connectivity index (χ4n) is 2.33. The van der Waals surface area contributed by atoms with Gasteiger partial charge in [0, 0.05) is 24.4 Å². The summed E-state index contributed by atoms with van der Waals surface area (Å²) in [5.41, 5.74) is 1.65. The molecule has 0 spiro atoms. The second-order valence-electron chi connectivity index (χ2n) is 5.67. The van der Waals surface area contributed by atoms with Crippen LogP contribution in [-0.2, 0) is 11.3 Å². The number of carbonyl (C=O) groups excluding carboxylic acids is 1. The fourth-order valence-corrected chi connectivity index (χ4v) is 3.02. The number of thiazole rings is 1. The van der Waals surface area contributed by atoms with Crippen molar-refractivity contribution in [3.63, 3.8) is 0 Å². The lowest BCUT2D eigenvalue weighted by molar-refractivity contribution is 0.0940. The summed E-state index contributed by atoms with van der Waals surface area (Å²) < 4.78 is 11.0. The molecule has 0 bridgehead atoms. The number of ether oxygens (including phenoxy) is 2. The minimum Gasteiger partial charge on any atom is -0.486 e. The zero-order valence-corrected chi connectivity index (χ0v) is 13.9. The minimum absolute atomic E-state index is 0.130. The summed E-state index contributed by atoms with van der Waals surface area (Å²) in [5, 5.41) is 5.48. The molecule has 23 heavy (non-hydrogen) atoms. The molecule has 1 aromatic heterocycles. The van der Waals surface area contributed by atoms with Crippen molar-refractivity contribution < 1.29 is 14.3 Å². The standard InChI is InChI=1S/C17H20N2O3S/c1-12-2-4-14(5-3-12)22-10-16-19-15(11-23-16)17(20)18-8-13-6-7-21-9-13/h2-5,11,13H,6-10H2,1H3,(H,18,20)/t13-/m1/s1. The molecular formula is C17H20N2O3S. The van der Waals surface area contributed by atoms with Gasteiger partial charge in [0.25, 0.3) is 5.91 Å². The molecule has 1 aliphatic rings. The number of aryl methyl sites for hydroxylation is 1. The van der Waals surface area contributed by atoms with Gasteiger partial charge in [-0.25, -0.2) is 4.98 Å². The zero-order chi connectivity index (χ0) is 16.1. The second-order valence-corrected chi connectivity index (χ2v) is 6.61. The molecule has 2 aromatic rings. The monoisotopic (exact) mass is 332 g/mol. The molecule has 0 unspecified atom stereocenters. The summed E-state index contributed by atoms with van der Waals surface area (Å²) >= 11 is 1.44. The molecule has 0 saturated carbocycles. The van der Waals surface area contributed by atoms with Crippen molar-refractivity contribution in [2.24, 2.45) is 5.92 Å². The highest BCUT2D eigenvalue weighted by atomic mass is 32.1. The Hall–Kier alpha value is -1.92. The van der Waals surface area contributed by atoms with Gasteiger partial charge < -0.3 is 14.8 Å². The van der Waals surface area contributed by atoms with Crippen molar-refractivity contribution in [3.8, 4) is 5.75 Å². The number of hydrogen-bond donors (Lipinski definition) is 1. The summed E-state index contributed by atoms with van der Waals surface area (Å²) in [6.07, 6.45) is 1.01. The van der Waals surface area contributed by atoms with Crippen LogP contribution in [0.25, 0.3) is 0 Å². The van der Waals surface area contributed by atoms with Crippen LogP contribution in [0.3, 0.4) is 0 Å². The topological polar surface area (TPSA) is 60.5 Å². The molecule has 1 aromatic carbocycles. The molecule has 6 heteroatoms. The van der Waals surface area contributed by atoms with Gasteiger partial charge >= 0.3 is 0 Å². The highest BCUT2D eigenvalue weighted by molar-refractivity contribution is 7.09. The molecule has 122 valence electrons. The van der Waals surface area contributed by atoms with E-state index in [1.807, 2.05) is 31.2 Å². The first-order valence-electron chi connectivity index (χ1n) is 7.70. The Morgan fingerprint density at radius 2 is 2.26 bits per heavy atom. The minimum atomic E-state index is -0.130. The van der Waals surface area contributed by atoms with E-state index in [2.05, 4.69) is 10.3 Å². The first-order valence-corrected chi connectivity index (χ1v) is 8.58. The molecule has 1 saturated heterocycles. The zero-order valence-electron chi connectivity index (χ0n) is 13.1. The summed E-state index contributed by atoms with van der Waals surface area (Å²) in [5.74, 6) is 1.09. The van der Waals surface area contributed by atoms with Crippen LogP contribution in [-0.4, -0.2) is 30.6 Å². The van der Waals surface area contributed by atoms with E-state index >= 15 is 0 Å². The van der Waals surface area contributed by atoms with E-state index in [1.54, 1.807) is 5.38 Å². The van der Waals surface area contributed by atoms with Crippen molar-refractivity contribution in [3.05, 3.63) is 45.9 Å². The van der Waals surface area contributed by atoms with E-state index in [4.69, 9.17) is 9.47 Å². The Kier molecular flexibility index (Phi) is 5.25. The van der Waals surface area contributed by atoms with E-state index in [0.717, 1.165) is 30.4 Å². The van der Waals surface area contributed by atoms with E-state index in [0.29, 0.717) is 24.8 Å². The first-order chi connectivity index (χ1) is 11.2. The number of hydrogen-bond acceptors (Lipinski definition) is 5. The number of carbonyl (C=O) groups is 1. The molecule has 1 N–H and O–H groups in total. The Morgan fingerprint density at radius 3 is 3.00 bits per heavy atom. The first kappa shape index (κ1) is 16.0. The lowest BCUT2D eigenvalue weighted by atomic mass is 10.1. The van der Waals surface area contributed by atoms with Crippen molar-refractivity contribution in [1.29, 1.82) is 0 Å². The summed E-state index contributed by atoms with van der Waals surface area (Å²) in [7, 11) is 0. The molecule has 1 amide bonds. The Balaban J connectivity index is 1.48. The average Bonchev–Trinajstić information content (AvgIpc) is 3.24. The van der Waals surface area contributed by atoms with Crippen molar-refractivity contribution in [2.45, 2.75) is 20.0 Å². The van der Waals surface area contributed by atoms with Gasteiger partial charge in [-0.3, -0.25) is 4.79 Å². The number of nitrogens with one attached hydrogen (secondary N) is 1. The third-order valence-corrected chi connectivity index (χ3v) is 4.57. The molecule has 0 aliphatic carbocycles. The lowest BCUT2D eigenvalue weighted by Crippen LogP contribution is -2.29. The number of rotatable bonds is 6. The van der Waals surface area contributed by atoms with Crippen LogP contribution in [0.2, 0.25) is 0 Å². The third kappa shape index (κ3) is 4.53. The summed E-state index contributed by atoms with van der Waals surface area (Å²) in [4.78, 5) is 16.4. The number of amides is 1. The quantitative estimate of drug-likeness (QED) is 0.884. The van der Waals surface area contributed by atoms with Gasteiger partial charge in [0.05, 0.1) is 6.61 Å². The average molecular weight is 332 g/mol. The maximum atomic E-state index is 12.1. The van der Waals surface area contributed by atoms with Gasteiger partial charge in [-0.1, -0.05) is 17.7 Å². The van der Waals surface area contributed by atoms with Crippen LogP contribution >= 0.6 is 11.3 Å². The van der Waals surface area contributed by atoms with Crippen LogP contribution in [0.5, 0.6) is 5.75 Å². The number of nitrogens with zero attached hydrogens (tertiary/aromatic N) is 1. The van der Waals surface area contributed by atoms with Gasteiger partial charge in [0.15, 0.2) is 0 Å². The second kappa shape index (κ2) is 7.57. The van der Waals surface area contributed by atoms with Crippen LogP contribution in [0.1, 0.15) is 27.5 Å². The third-order valence-electron chi connectivity index (χ3n) is 3.74. The summed E-state index contributed by atoms with van der Waals surface area (Å²) in [6, 6.07) is 7.87. The van der Waals surface area contributed by atoms with Crippen LogP contribution < -0.4 is 10.1 Å². The SMILES string of the molecule is Cc1ccc(OCc2nc(C(=O)NC[C@H]3CCOC3)cs2)cc1. The van der Waals surface area contributed by atoms with Crippen LogP contribution in [0.15, 0.2) is 29.6 Å². The fraction of sp³-hybridized carbons (Fsp3) is 0.412. The van der Waals surface area contributed by atoms with Crippen molar-refractivity contribution in [2.75, 3.05) is 19.8 Å². The van der Waals surface area contributed by atoms with Crippen molar-refractivity contribution in [1.82, 2.24) is 10.3 Å². The van der Waals surface area contributed by atoms with Gasteiger partial charge in [-0.15, -0.1) is 11.3 Å². The number of aromatic nitrogens is 1. The molecule has 1 atom stereocenters. The van der Waals surface area contributed by atoms with E-state index in [-0.39, 0.29) is 5.91 Å². The van der Waals surface area contributed by atoms with Gasteiger partial charge in [-0.2, -0.15) is 0 Å². The Morgan fingerprint density at radius 1 is 1.43 bits per heavy atom. The predicted molar refractivity (Wildman–Crippen MR) is 88.9 cm³/mol. The normalized spacial score (nSPS) is 17.2. The maximum absolute atomic E-state index is 12.1. The maximum Gasteiger partial charge on any atom is 0.270 e. The highest BCUT2D eigenvalue weighted by Crippen LogP contribution is 2.16. The van der Waals surface area contributed by atoms with E-state index < -0.39 is 0 Å². The van der Waals surface area contributed by atoms with E-state index in [1.165, 1.54) is 16.9 Å². The van der Waals surface area contributed by atoms with Gasteiger partial charge in [0.1, 0.15) is 23.1 Å². The molecule has 2 heterocycles. The molecular weight excluding hydrogens is 312 g/mol. The Labute approximate surface area is 139 Å². The van der Waals surface area contributed by atoms with Crippen molar-refractivity contribution >= 4 is 17.2 Å². The Bertz CT molecular complexity index is 648. The largest absolute Gasteiger partial charge is 0.486 e. The predicted octanol–water partition coefficient (Wildman–Crippen LogP) is 2.80. The van der Waals surface area contributed by atoms with Gasteiger partial charge in [0.2, 0.25) is 0 Å². The smallest absolute Gasteiger partial charge is 0.270 e. The lowest BCUT2D eigenvalue weighted by Gasteiger charge is -2.07. The molecule has 1 fully saturated rings. The molecule has 0 radical (unpaired) electrons. The molecule has 3 rings (SSSR count).